The third-order valence-electron chi connectivity index (χ3n) is 4.49. The van der Waals surface area contributed by atoms with Gasteiger partial charge in [0.2, 0.25) is 10.0 Å². The van der Waals surface area contributed by atoms with Crippen LogP contribution in [-0.2, 0) is 10.0 Å². The van der Waals surface area contributed by atoms with Crippen molar-refractivity contribution in [1.29, 1.82) is 0 Å². The predicted molar refractivity (Wildman–Crippen MR) is 88.9 cm³/mol. The van der Waals surface area contributed by atoms with Crippen molar-refractivity contribution in [2.75, 3.05) is 6.26 Å². The van der Waals surface area contributed by atoms with Crippen LogP contribution in [0.25, 0.3) is 0 Å². The summed E-state index contributed by atoms with van der Waals surface area (Å²) < 4.78 is 26.3. The van der Waals surface area contributed by atoms with Crippen LogP contribution < -0.4 is 0 Å². The molecule has 2 aromatic rings. The Morgan fingerprint density at radius 2 is 1.36 bits per heavy atom. The van der Waals surface area contributed by atoms with Crippen molar-refractivity contribution in [3.8, 4) is 0 Å². The molecule has 116 valence electrons. The summed E-state index contributed by atoms with van der Waals surface area (Å²) >= 11 is 0. The summed E-state index contributed by atoms with van der Waals surface area (Å²) in [6.45, 7) is 4.17. The molecule has 0 saturated carbocycles. The van der Waals surface area contributed by atoms with Crippen molar-refractivity contribution in [1.82, 2.24) is 4.31 Å². The van der Waals surface area contributed by atoms with E-state index in [1.54, 1.807) is 4.31 Å². The normalized spacial score (nSPS) is 25.7. The highest BCUT2D eigenvalue weighted by molar-refractivity contribution is 7.88. The minimum atomic E-state index is -3.27. The topological polar surface area (TPSA) is 37.4 Å². The molecule has 3 rings (SSSR count). The van der Waals surface area contributed by atoms with Gasteiger partial charge in [-0.25, -0.2) is 8.42 Å². The molecule has 2 aromatic carbocycles. The van der Waals surface area contributed by atoms with Gasteiger partial charge >= 0.3 is 0 Å². The molecule has 1 saturated heterocycles. The Morgan fingerprint density at radius 1 is 0.864 bits per heavy atom. The lowest BCUT2D eigenvalue weighted by molar-refractivity contribution is 0.0303. The zero-order chi connectivity index (χ0) is 15.9. The molecule has 22 heavy (non-hydrogen) atoms. The Labute approximate surface area is 132 Å². The molecular formula is C18H21NO2S. The third kappa shape index (κ3) is 2.57. The first-order valence-corrected chi connectivity index (χ1v) is 9.34. The van der Waals surface area contributed by atoms with E-state index < -0.39 is 10.0 Å². The van der Waals surface area contributed by atoms with Gasteiger partial charge in [0.25, 0.3) is 0 Å². The zero-order valence-electron chi connectivity index (χ0n) is 13.1. The fourth-order valence-electron chi connectivity index (χ4n) is 3.44. The first kappa shape index (κ1) is 15.3. The molecule has 0 radical (unpaired) electrons. The van der Waals surface area contributed by atoms with Crippen LogP contribution in [0.15, 0.2) is 54.6 Å². The molecule has 0 aromatic heterocycles. The molecule has 4 heteroatoms. The minimum absolute atomic E-state index is 0.0810. The number of nitrogens with zero attached hydrogens (tertiary/aromatic N) is 1. The lowest BCUT2D eigenvalue weighted by Crippen LogP contribution is -2.53. The van der Waals surface area contributed by atoms with Gasteiger partial charge in [-0.3, -0.25) is 0 Å². The van der Waals surface area contributed by atoms with E-state index in [0.29, 0.717) is 0 Å². The summed E-state index contributed by atoms with van der Waals surface area (Å²) in [6, 6.07) is 17.9. The van der Waals surface area contributed by atoms with Crippen LogP contribution in [0, 0.1) is 12.8 Å². The molecule has 0 aliphatic carbocycles. The number of hydrogen-bond acceptors (Lipinski definition) is 2. The highest BCUT2D eigenvalue weighted by Gasteiger charge is 2.51. The van der Waals surface area contributed by atoms with Crippen LogP contribution in [-0.4, -0.2) is 19.0 Å². The van der Waals surface area contributed by atoms with E-state index in [9.17, 15) is 8.42 Å². The lowest BCUT2D eigenvalue weighted by atomic mass is 9.77. The third-order valence-corrected chi connectivity index (χ3v) is 5.71. The molecule has 1 fully saturated rings. The molecule has 1 heterocycles. The van der Waals surface area contributed by atoms with Crippen molar-refractivity contribution < 1.29 is 8.42 Å². The van der Waals surface area contributed by atoms with Crippen LogP contribution >= 0.6 is 0 Å². The Kier molecular flexibility index (Phi) is 3.83. The van der Waals surface area contributed by atoms with Crippen molar-refractivity contribution in [3.63, 3.8) is 0 Å². The van der Waals surface area contributed by atoms with Crippen LogP contribution in [0.5, 0.6) is 0 Å². The van der Waals surface area contributed by atoms with E-state index in [4.69, 9.17) is 0 Å². The summed E-state index contributed by atoms with van der Waals surface area (Å²) in [5.74, 6) is 0.250. The van der Waals surface area contributed by atoms with Gasteiger partial charge in [0.05, 0.1) is 18.3 Å². The number of benzene rings is 2. The maximum absolute atomic E-state index is 12.3. The highest BCUT2D eigenvalue weighted by Crippen LogP contribution is 2.53. The van der Waals surface area contributed by atoms with E-state index in [-0.39, 0.29) is 18.0 Å². The molecule has 3 atom stereocenters. The van der Waals surface area contributed by atoms with Crippen molar-refractivity contribution in [2.24, 2.45) is 5.92 Å². The van der Waals surface area contributed by atoms with Crippen LogP contribution in [0.2, 0.25) is 0 Å². The van der Waals surface area contributed by atoms with Crippen molar-refractivity contribution in [2.45, 2.75) is 25.9 Å². The number of sulfonamides is 1. The van der Waals surface area contributed by atoms with E-state index >= 15 is 0 Å². The highest BCUT2D eigenvalue weighted by atomic mass is 32.2. The van der Waals surface area contributed by atoms with Crippen LogP contribution in [0.3, 0.4) is 0 Å². The molecular weight excluding hydrogens is 294 g/mol. The van der Waals surface area contributed by atoms with Gasteiger partial charge < -0.3 is 0 Å². The first-order chi connectivity index (χ1) is 10.4. The maximum atomic E-state index is 12.3. The van der Waals surface area contributed by atoms with Gasteiger partial charge in [-0.2, -0.15) is 4.31 Å². The van der Waals surface area contributed by atoms with Gasteiger partial charge in [0.1, 0.15) is 0 Å². The summed E-state index contributed by atoms with van der Waals surface area (Å²) in [6.07, 6.45) is 1.30. The second kappa shape index (κ2) is 5.52. The van der Waals surface area contributed by atoms with Crippen molar-refractivity contribution in [3.05, 3.63) is 71.3 Å². The van der Waals surface area contributed by atoms with E-state index in [2.05, 4.69) is 6.92 Å². The molecule has 0 N–H and O–H groups in total. The van der Waals surface area contributed by atoms with Gasteiger partial charge in [-0.15, -0.1) is 0 Å². The summed E-state index contributed by atoms with van der Waals surface area (Å²) in [5.41, 5.74) is 3.31. The average Bonchev–Trinajstić information content (AvgIpc) is 2.47. The van der Waals surface area contributed by atoms with E-state index in [1.165, 1.54) is 11.8 Å². The summed E-state index contributed by atoms with van der Waals surface area (Å²) in [4.78, 5) is 0. The smallest absolute Gasteiger partial charge is 0.212 e. The SMILES string of the molecule is Cc1ccc([C@H]2[C@H](C)[C@@H](c3ccccc3)N2S(C)(=O)=O)cc1. The fourth-order valence-corrected chi connectivity index (χ4v) is 4.89. The van der Waals surface area contributed by atoms with E-state index in [0.717, 1.165) is 11.1 Å². The van der Waals surface area contributed by atoms with Gasteiger partial charge in [-0.1, -0.05) is 67.1 Å². The van der Waals surface area contributed by atoms with Crippen molar-refractivity contribution >= 4 is 10.0 Å². The Hall–Kier alpha value is -1.65. The molecule has 1 aliphatic rings. The predicted octanol–water partition coefficient (Wildman–Crippen LogP) is 3.69. The standard InChI is InChI=1S/C18H21NO2S/c1-13-9-11-16(12-10-13)18-14(2)17(19(18)22(3,20)21)15-7-5-4-6-8-15/h4-12,14,17-18H,1-3H3/t14-,17+,18-/m1/s1. The quantitative estimate of drug-likeness (QED) is 0.866. The molecule has 3 nitrogen and oxygen atoms in total. The maximum Gasteiger partial charge on any atom is 0.212 e. The average molecular weight is 315 g/mol. The largest absolute Gasteiger partial charge is 0.212 e. The van der Waals surface area contributed by atoms with Gasteiger partial charge in [0.15, 0.2) is 0 Å². The van der Waals surface area contributed by atoms with Crippen LogP contribution in [0.1, 0.15) is 35.7 Å². The van der Waals surface area contributed by atoms with E-state index in [1.807, 2.05) is 61.5 Å². The first-order valence-electron chi connectivity index (χ1n) is 7.49. The number of aryl methyl sites for hydroxylation is 1. The Bertz CT molecular complexity index is 753. The molecule has 0 amide bonds. The Morgan fingerprint density at radius 3 is 1.86 bits per heavy atom. The minimum Gasteiger partial charge on any atom is -0.212 e. The number of rotatable bonds is 3. The Balaban J connectivity index is 2.01. The summed E-state index contributed by atoms with van der Waals surface area (Å²) in [7, 11) is -3.27. The van der Waals surface area contributed by atoms with Gasteiger partial charge in [-0.05, 0) is 24.0 Å². The second-order valence-electron chi connectivity index (χ2n) is 6.16. The van der Waals surface area contributed by atoms with Gasteiger partial charge in [0, 0.05) is 0 Å². The fraction of sp³-hybridized carbons (Fsp3) is 0.333. The van der Waals surface area contributed by atoms with Crippen LogP contribution in [0.4, 0.5) is 0 Å². The zero-order valence-corrected chi connectivity index (χ0v) is 13.9. The molecule has 0 unspecified atom stereocenters. The second-order valence-corrected chi connectivity index (χ2v) is 8.05. The molecule has 0 spiro atoms. The summed E-state index contributed by atoms with van der Waals surface area (Å²) in [5, 5.41) is 0. The number of hydrogen-bond donors (Lipinski definition) is 0. The molecule has 0 bridgehead atoms. The lowest BCUT2D eigenvalue weighted by Gasteiger charge is -2.52. The monoisotopic (exact) mass is 315 g/mol. The molecule has 1 aliphatic heterocycles.